The Hall–Kier alpha value is -2.92. The number of nitrogens with zero attached hydrogens (tertiary/aromatic N) is 1. The maximum absolute atomic E-state index is 13.2. The predicted molar refractivity (Wildman–Crippen MR) is 110 cm³/mol. The number of primary amides is 1. The fourth-order valence-corrected chi connectivity index (χ4v) is 4.04. The van der Waals surface area contributed by atoms with Gasteiger partial charge < -0.3 is 15.8 Å². The molecule has 31 heavy (non-hydrogen) atoms. The predicted octanol–water partition coefficient (Wildman–Crippen LogP) is 3.42. The number of alkyl halides is 3. The number of halogens is 3. The third-order valence-electron chi connectivity index (χ3n) is 4.28. The first kappa shape index (κ1) is 24.4. The van der Waals surface area contributed by atoms with Gasteiger partial charge in [0.05, 0.1) is 29.2 Å². The van der Waals surface area contributed by atoms with Crippen molar-refractivity contribution in [1.82, 2.24) is 4.90 Å². The molecule has 0 aliphatic carbocycles. The van der Waals surface area contributed by atoms with Gasteiger partial charge in [-0.3, -0.25) is 14.5 Å². The summed E-state index contributed by atoms with van der Waals surface area (Å²) in [7, 11) is 1.49. The van der Waals surface area contributed by atoms with Crippen LogP contribution < -0.4 is 11.1 Å². The molecule has 0 saturated heterocycles. The Labute approximate surface area is 181 Å². The van der Waals surface area contributed by atoms with Gasteiger partial charge in [-0.1, -0.05) is 18.2 Å². The molecule has 0 bridgehead atoms. The molecule has 0 fully saturated rings. The minimum absolute atomic E-state index is 0.0269. The maximum Gasteiger partial charge on any atom is 0.416 e. The van der Waals surface area contributed by atoms with E-state index < -0.39 is 29.5 Å². The Morgan fingerprint density at radius 3 is 2.45 bits per heavy atom. The second-order valence-electron chi connectivity index (χ2n) is 6.72. The van der Waals surface area contributed by atoms with Crippen molar-refractivity contribution < 1.29 is 32.3 Å². The zero-order valence-corrected chi connectivity index (χ0v) is 17.9. The van der Waals surface area contributed by atoms with Crippen LogP contribution in [0, 0.1) is 6.92 Å². The highest BCUT2D eigenvalue weighted by atomic mass is 32.1. The number of rotatable bonds is 8. The average molecular weight is 457 g/mol. The van der Waals surface area contributed by atoms with Gasteiger partial charge in [0.2, 0.25) is 5.91 Å². The number of likely N-dealkylation sites (N-methyl/N-ethyl adjacent to an activating group) is 1. The van der Waals surface area contributed by atoms with Crippen molar-refractivity contribution in [2.45, 2.75) is 26.6 Å². The highest BCUT2D eigenvalue weighted by molar-refractivity contribution is 7.18. The molecule has 168 valence electrons. The first-order valence-corrected chi connectivity index (χ1v) is 10.0. The smallest absolute Gasteiger partial charge is 0.416 e. The van der Waals surface area contributed by atoms with Crippen molar-refractivity contribution in [2.75, 3.05) is 25.5 Å². The van der Waals surface area contributed by atoms with E-state index in [1.165, 1.54) is 37.1 Å². The van der Waals surface area contributed by atoms with Crippen molar-refractivity contribution in [2.24, 2.45) is 5.73 Å². The first-order valence-electron chi connectivity index (χ1n) is 9.19. The molecule has 0 spiro atoms. The number of hydrogen-bond donors (Lipinski definition) is 2. The van der Waals surface area contributed by atoms with Crippen molar-refractivity contribution in [3.8, 4) is 0 Å². The van der Waals surface area contributed by atoms with E-state index in [0.717, 1.165) is 17.4 Å². The van der Waals surface area contributed by atoms with E-state index >= 15 is 0 Å². The molecule has 11 heteroatoms. The molecule has 1 heterocycles. The van der Waals surface area contributed by atoms with Gasteiger partial charge in [-0.2, -0.15) is 13.2 Å². The van der Waals surface area contributed by atoms with Crippen molar-refractivity contribution in [3.63, 3.8) is 0 Å². The Kier molecular flexibility index (Phi) is 7.80. The zero-order chi connectivity index (χ0) is 23.3. The van der Waals surface area contributed by atoms with Crippen LogP contribution in [0.4, 0.5) is 18.2 Å². The highest BCUT2D eigenvalue weighted by Gasteiger charge is 2.33. The summed E-state index contributed by atoms with van der Waals surface area (Å²) in [4.78, 5) is 37.9. The number of carbonyl (C=O) groups is 3. The van der Waals surface area contributed by atoms with E-state index in [2.05, 4.69) is 5.32 Å². The molecular formula is C20H22F3N3O4S. The fourth-order valence-electron chi connectivity index (χ4n) is 2.98. The van der Waals surface area contributed by atoms with E-state index in [1.54, 1.807) is 6.92 Å². The van der Waals surface area contributed by atoms with Crippen LogP contribution in [0.25, 0.3) is 0 Å². The summed E-state index contributed by atoms with van der Waals surface area (Å²) in [5.41, 5.74) is 4.90. The van der Waals surface area contributed by atoms with E-state index in [4.69, 9.17) is 10.5 Å². The van der Waals surface area contributed by atoms with Gasteiger partial charge in [-0.15, -0.1) is 11.3 Å². The van der Waals surface area contributed by atoms with Crippen molar-refractivity contribution >= 4 is 34.1 Å². The molecule has 2 aromatic rings. The number of benzene rings is 1. The SMILES string of the molecule is CCOC(=O)c1c(NC(=O)CN(C)Cc2ccccc2C(F)(F)F)sc(C(N)=O)c1C. The molecule has 0 atom stereocenters. The highest BCUT2D eigenvalue weighted by Crippen LogP contribution is 2.34. The zero-order valence-electron chi connectivity index (χ0n) is 17.1. The van der Waals surface area contributed by atoms with Crippen LogP contribution in [0.5, 0.6) is 0 Å². The average Bonchev–Trinajstić information content (AvgIpc) is 2.97. The minimum atomic E-state index is -4.51. The molecule has 0 aliphatic rings. The summed E-state index contributed by atoms with van der Waals surface area (Å²) in [6.07, 6.45) is -4.51. The number of nitrogens with one attached hydrogen (secondary N) is 1. The maximum atomic E-state index is 13.2. The standard InChI is InChI=1S/C20H22F3N3O4S/c1-4-30-19(29)15-11(2)16(17(24)28)31-18(15)25-14(27)10-26(3)9-12-7-5-6-8-13(12)20(21,22)23/h5-8H,4,9-10H2,1-3H3,(H2,24,28)(H,25,27). The van der Waals surface area contributed by atoms with Gasteiger partial charge in [0.1, 0.15) is 5.00 Å². The molecule has 7 nitrogen and oxygen atoms in total. The molecule has 1 aromatic carbocycles. The largest absolute Gasteiger partial charge is 0.462 e. The molecule has 0 aliphatic heterocycles. The van der Waals surface area contributed by atoms with Gasteiger partial charge in [0.25, 0.3) is 5.91 Å². The normalized spacial score (nSPS) is 11.5. The molecule has 2 amide bonds. The van der Waals surface area contributed by atoms with Gasteiger partial charge >= 0.3 is 12.1 Å². The van der Waals surface area contributed by atoms with E-state index in [1.807, 2.05) is 0 Å². The quantitative estimate of drug-likeness (QED) is 0.592. The number of anilines is 1. The summed E-state index contributed by atoms with van der Waals surface area (Å²) < 4.78 is 44.5. The van der Waals surface area contributed by atoms with Crippen LogP contribution in [0.3, 0.4) is 0 Å². The van der Waals surface area contributed by atoms with Crippen LogP contribution in [-0.4, -0.2) is 42.9 Å². The number of hydrogen-bond acceptors (Lipinski definition) is 6. The number of carbonyl (C=O) groups excluding carboxylic acids is 3. The van der Waals surface area contributed by atoms with Gasteiger partial charge in [0, 0.05) is 6.54 Å². The number of esters is 1. The van der Waals surface area contributed by atoms with E-state index in [-0.39, 0.29) is 40.7 Å². The fraction of sp³-hybridized carbons (Fsp3) is 0.350. The lowest BCUT2D eigenvalue weighted by atomic mass is 10.1. The second-order valence-corrected chi connectivity index (χ2v) is 7.74. The number of ether oxygens (including phenoxy) is 1. The van der Waals surface area contributed by atoms with Gasteiger partial charge in [-0.25, -0.2) is 4.79 Å². The third kappa shape index (κ3) is 6.05. The molecule has 0 radical (unpaired) electrons. The lowest BCUT2D eigenvalue weighted by Crippen LogP contribution is -2.30. The molecular weight excluding hydrogens is 435 g/mol. The van der Waals surface area contributed by atoms with Crippen molar-refractivity contribution in [1.29, 1.82) is 0 Å². The Morgan fingerprint density at radius 2 is 1.87 bits per heavy atom. The van der Waals surface area contributed by atoms with Crippen molar-refractivity contribution in [3.05, 3.63) is 51.4 Å². The van der Waals surface area contributed by atoms with Gasteiger partial charge in [-0.05, 0) is 38.1 Å². The van der Waals surface area contributed by atoms with E-state index in [9.17, 15) is 27.6 Å². The Bertz CT molecular complexity index is 989. The Morgan fingerprint density at radius 1 is 1.23 bits per heavy atom. The van der Waals surface area contributed by atoms with Crippen LogP contribution in [0.1, 0.15) is 43.6 Å². The van der Waals surface area contributed by atoms with Gasteiger partial charge in [0.15, 0.2) is 0 Å². The topological polar surface area (TPSA) is 102 Å². The lowest BCUT2D eigenvalue weighted by Gasteiger charge is -2.19. The summed E-state index contributed by atoms with van der Waals surface area (Å²) in [5.74, 6) is -2.05. The molecule has 1 aromatic heterocycles. The summed E-state index contributed by atoms with van der Waals surface area (Å²) in [6, 6.07) is 5.11. The molecule has 0 unspecified atom stereocenters. The molecule has 0 saturated carbocycles. The molecule has 2 rings (SSSR count). The van der Waals surface area contributed by atoms with Crippen LogP contribution in [0.2, 0.25) is 0 Å². The monoisotopic (exact) mass is 457 g/mol. The number of amides is 2. The van der Waals surface area contributed by atoms with E-state index in [0.29, 0.717) is 5.56 Å². The minimum Gasteiger partial charge on any atom is -0.462 e. The number of thiophene rings is 1. The lowest BCUT2D eigenvalue weighted by molar-refractivity contribution is -0.138. The van der Waals surface area contributed by atoms with Crippen LogP contribution >= 0.6 is 11.3 Å². The van der Waals surface area contributed by atoms with Crippen LogP contribution in [0.15, 0.2) is 24.3 Å². The summed E-state index contributed by atoms with van der Waals surface area (Å²) in [6.45, 7) is 2.84. The first-order chi connectivity index (χ1) is 14.5. The second kappa shape index (κ2) is 9.92. The Balaban J connectivity index is 2.17. The third-order valence-corrected chi connectivity index (χ3v) is 5.50. The summed E-state index contributed by atoms with van der Waals surface area (Å²) >= 11 is 0.839. The van der Waals surface area contributed by atoms with Crippen LogP contribution in [-0.2, 0) is 22.3 Å². The summed E-state index contributed by atoms with van der Waals surface area (Å²) in [5, 5.41) is 2.63. The molecule has 3 N–H and O–H groups in total. The number of nitrogens with two attached hydrogens (primary N) is 1.